The van der Waals surface area contributed by atoms with Gasteiger partial charge in [-0.25, -0.2) is 4.98 Å². The molecule has 0 amide bonds. The minimum atomic E-state index is 0. The molecular formula is C26H18Ar3N4. The number of nitrogens with zero attached hydrogens (tertiary/aromatic N) is 4. The Hall–Kier alpha value is -0.271. The van der Waals surface area contributed by atoms with E-state index in [1.807, 2.05) is 6.07 Å². The molecule has 0 saturated heterocycles. The molecule has 0 atom stereocenters. The molecule has 4 aromatic carbocycles. The van der Waals surface area contributed by atoms with Gasteiger partial charge in [0.2, 0.25) is 5.78 Å². The molecule has 7 heteroatoms. The van der Waals surface area contributed by atoms with E-state index in [4.69, 9.17) is 4.98 Å². The van der Waals surface area contributed by atoms with Crippen molar-refractivity contribution in [2.75, 3.05) is 0 Å². The normalized spacial score (nSPS) is 11.1. The van der Waals surface area contributed by atoms with Crippen LogP contribution in [0.2, 0.25) is 0 Å². The van der Waals surface area contributed by atoms with Crippen LogP contribution in [-0.2, 0) is 7.05 Å². The molecule has 0 aliphatic carbocycles. The molecule has 4 nitrogen and oxygen atoms in total. The minimum absolute atomic E-state index is 0. The first kappa shape index (κ1) is 25.8. The molecule has 0 saturated carbocycles. The molecule has 3 heterocycles. The van der Waals surface area contributed by atoms with Gasteiger partial charge in [-0.15, -0.1) is 0 Å². The third-order valence-electron chi connectivity index (χ3n) is 6.26. The van der Waals surface area contributed by atoms with Crippen LogP contribution in [0.5, 0.6) is 0 Å². The average molecular weight is 506 g/mol. The summed E-state index contributed by atoms with van der Waals surface area (Å²) < 4.78 is 6.80. The standard InChI is InChI=1S/C26H18N4.3Ar/c1-28-21-10-4-2-8-18(21)19-16-17(14-15-22(19)28)29-24-12-6-7-13-25(24)30-23-11-5-3-9-20(23)27-26(29)30;;;/h2-16H,1H3;;;. The van der Waals surface area contributed by atoms with Gasteiger partial charge in [0, 0.05) is 148 Å². The second-order valence-corrected chi connectivity index (χ2v) is 7.84. The van der Waals surface area contributed by atoms with Gasteiger partial charge in [0.25, 0.3) is 0 Å². The van der Waals surface area contributed by atoms with Crippen molar-refractivity contribution in [3.8, 4) is 5.69 Å². The first-order chi connectivity index (χ1) is 14.8. The number of rotatable bonds is 1. The molecule has 0 radical (unpaired) electrons. The maximum atomic E-state index is 5.00. The Morgan fingerprint density at radius 2 is 1.18 bits per heavy atom. The second kappa shape index (κ2) is 10.0. The van der Waals surface area contributed by atoms with E-state index in [1.165, 1.54) is 27.3 Å². The monoisotopic (exact) mass is 506 g/mol. The van der Waals surface area contributed by atoms with Crippen molar-refractivity contribution in [1.82, 2.24) is 18.5 Å². The van der Waals surface area contributed by atoms with Crippen LogP contribution in [0.1, 0.15) is 0 Å². The van der Waals surface area contributed by atoms with E-state index in [2.05, 4.69) is 106 Å². The Labute approximate surface area is 280 Å². The van der Waals surface area contributed by atoms with Gasteiger partial charge in [0.05, 0.1) is 22.1 Å². The van der Waals surface area contributed by atoms with Crippen LogP contribution in [0.3, 0.4) is 0 Å². The maximum absolute atomic E-state index is 5.00. The van der Waals surface area contributed by atoms with Gasteiger partial charge in [0.1, 0.15) is 0 Å². The molecular weight excluding hydrogens is 488 g/mol. The zero-order valence-corrected chi connectivity index (χ0v) is 19.6. The van der Waals surface area contributed by atoms with Crippen LogP contribution in [0.4, 0.5) is 0 Å². The summed E-state index contributed by atoms with van der Waals surface area (Å²) in [6.07, 6.45) is 0. The van der Waals surface area contributed by atoms with Crippen LogP contribution in [0, 0.1) is 113 Å². The Morgan fingerprint density at radius 3 is 1.97 bits per heavy atom. The van der Waals surface area contributed by atoms with Gasteiger partial charge in [-0.2, -0.15) is 0 Å². The van der Waals surface area contributed by atoms with Gasteiger partial charge in [-0.1, -0.05) is 42.5 Å². The molecule has 0 N–H and O–H groups in total. The van der Waals surface area contributed by atoms with Crippen molar-refractivity contribution in [3.05, 3.63) is 91.0 Å². The smallest absolute Gasteiger partial charge is 0.220 e. The third-order valence-corrected chi connectivity index (χ3v) is 6.26. The van der Waals surface area contributed by atoms with Crippen molar-refractivity contribution in [2.45, 2.75) is 0 Å². The van der Waals surface area contributed by atoms with E-state index in [1.54, 1.807) is 0 Å². The largest absolute Gasteiger partial charge is 0.344 e. The van der Waals surface area contributed by atoms with E-state index in [0.717, 1.165) is 28.0 Å². The van der Waals surface area contributed by atoms with Crippen molar-refractivity contribution >= 4 is 49.7 Å². The fourth-order valence-electron chi connectivity index (χ4n) is 4.90. The number of benzene rings is 4. The molecule has 0 aliphatic rings. The maximum Gasteiger partial charge on any atom is 0.220 e. The Balaban J connectivity index is 0.000000864. The molecule has 0 bridgehead atoms. The molecule has 0 fully saturated rings. The quantitative estimate of drug-likeness (QED) is 0.265. The van der Waals surface area contributed by atoms with E-state index < -0.39 is 0 Å². The summed E-state index contributed by atoms with van der Waals surface area (Å²) in [7, 11) is 2.13. The minimum Gasteiger partial charge on any atom is -0.344 e. The number of aromatic nitrogens is 4. The summed E-state index contributed by atoms with van der Waals surface area (Å²) in [5, 5.41) is 2.54. The molecule has 7 rings (SSSR count). The first-order valence-electron chi connectivity index (χ1n) is 10.2. The molecule has 0 spiro atoms. The van der Waals surface area contributed by atoms with Gasteiger partial charge < -0.3 is 4.57 Å². The summed E-state index contributed by atoms with van der Waals surface area (Å²) in [5.41, 5.74) is 8.08. The summed E-state index contributed by atoms with van der Waals surface area (Å²) in [5.74, 6) is 0.942. The van der Waals surface area contributed by atoms with Crippen molar-refractivity contribution in [2.24, 2.45) is 7.05 Å². The fourth-order valence-corrected chi connectivity index (χ4v) is 4.90. The second-order valence-electron chi connectivity index (χ2n) is 7.84. The van der Waals surface area contributed by atoms with Crippen LogP contribution < -0.4 is 0 Å². The zero-order chi connectivity index (χ0) is 19.8. The van der Waals surface area contributed by atoms with Crippen LogP contribution in [0.25, 0.3) is 55.3 Å². The van der Waals surface area contributed by atoms with Crippen molar-refractivity contribution < 1.29 is 113 Å². The first-order valence-corrected chi connectivity index (χ1v) is 10.2. The Morgan fingerprint density at radius 1 is 0.576 bits per heavy atom. The molecule has 166 valence electrons. The Bertz CT molecular complexity index is 1780. The molecule has 3 aromatic heterocycles. The third kappa shape index (κ3) is 3.82. The number of para-hydroxylation sites is 5. The average Bonchev–Trinajstić information content (AvgIpc) is 3.41. The predicted molar refractivity (Wildman–Crippen MR) is 124 cm³/mol. The fraction of sp³-hybridized carbons (Fsp3) is 0.0385. The van der Waals surface area contributed by atoms with Crippen molar-refractivity contribution in [1.29, 1.82) is 0 Å². The van der Waals surface area contributed by atoms with E-state index in [0.29, 0.717) is 0 Å². The number of fused-ring (bicyclic) bond motifs is 8. The number of hydrogen-bond donors (Lipinski definition) is 0. The van der Waals surface area contributed by atoms with Crippen LogP contribution in [-0.4, -0.2) is 18.5 Å². The number of imidazole rings is 2. The molecule has 7 aromatic rings. The topological polar surface area (TPSA) is 27.2 Å². The van der Waals surface area contributed by atoms with E-state index in [-0.39, 0.29) is 113 Å². The van der Waals surface area contributed by atoms with E-state index in [9.17, 15) is 0 Å². The molecule has 0 aliphatic heterocycles. The van der Waals surface area contributed by atoms with E-state index >= 15 is 0 Å². The van der Waals surface area contributed by atoms with Gasteiger partial charge in [-0.05, 0) is 48.5 Å². The van der Waals surface area contributed by atoms with Crippen LogP contribution in [0.15, 0.2) is 91.0 Å². The zero-order valence-electron chi connectivity index (χ0n) is 17.5. The Kier molecular flexibility index (Phi) is 7.82. The predicted octanol–water partition coefficient (Wildman–Crippen LogP) is 6.08. The van der Waals surface area contributed by atoms with Gasteiger partial charge in [-0.3, -0.25) is 8.97 Å². The van der Waals surface area contributed by atoms with Crippen molar-refractivity contribution in [3.63, 3.8) is 0 Å². The van der Waals surface area contributed by atoms with Gasteiger partial charge >= 0.3 is 0 Å². The summed E-state index contributed by atoms with van der Waals surface area (Å²) >= 11 is 0. The van der Waals surface area contributed by atoms with Gasteiger partial charge in [0.15, 0.2) is 0 Å². The number of aryl methyl sites for hydroxylation is 1. The summed E-state index contributed by atoms with van der Waals surface area (Å²) in [6, 6.07) is 32.2. The molecule has 33 heavy (non-hydrogen) atoms. The summed E-state index contributed by atoms with van der Waals surface area (Å²) in [4.78, 5) is 5.00. The molecule has 0 unspecified atom stereocenters. The number of hydrogen-bond acceptors (Lipinski definition) is 1. The SMILES string of the molecule is Cn1c2ccccc2c2cc(-n3c4ccccc4n4c5ccccc5nc34)ccc21.[Ar].[Ar].[Ar]. The summed E-state index contributed by atoms with van der Waals surface area (Å²) in [6.45, 7) is 0. The van der Waals surface area contributed by atoms with Crippen LogP contribution >= 0.6 is 0 Å².